The molecule has 0 radical (unpaired) electrons. The zero-order valence-electron chi connectivity index (χ0n) is 12.7. The molecule has 5 nitrogen and oxygen atoms in total. The second-order valence-corrected chi connectivity index (χ2v) is 5.20. The Hall–Kier alpha value is -3.47. The zero-order valence-corrected chi connectivity index (χ0v) is 12.7. The van der Waals surface area contributed by atoms with Gasteiger partial charge in [0.25, 0.3) is 5.69 Å². The molecule has 1 amide bonds. The van der Waals surface area contributed by atoms with Crippen molar-refractivity contribution in [3.8, 4) is 0 Å². The Morgan fingerprint density at radius 1 is 0.958 bits per heavy atom. The maximum Gasteiger partial charge on any atom is 0.269 e. The van der Waals surface area contributed by atoms with Gasteiger partial charge in [-0.15, -0.1) is 0 Å². The van der Waals surface area contributed by atoms with Gasteiger partial charge in [0.1, 0.15) is 0 Å². The van der Waals surface area contributed by atoms with Crippen LogP contribution in [0.3, 0.4) is 0 Å². The summed E-state index contributed by atoms with van der Waals surface area (Å²) in [5.41, 5.74) is 1.48. The van der Waals surface area contributed by atoms with E-state index in [1.807, 2.05) is 42.5 Å². The maximum absolute atomic E-state index is 12.1. The minimum Gasteiger partial charge on any atom is -0.322 e. The number of nitro benzene ring substituents is 1. The number of rotatable bonds is 4. The zero-order chi connectivity index (χ0) is 16.9. The number of non-ortho nitro benzene ring substituents is 1. The van der Waals surface area contributed by atoms with Gasteiger partial charge in [-0.1, -0.05) is 36.4 Å². The highest BCUT2D eigenvalue weighted by Crippen LogP contribution is 2.23. The monoisotopic (exact) mass is 318 g/mol. The molecule has 0 saturated carbocycles. The second-order valence-electron chi connectivity index (χ2n) is 5.20. The summed E-state index contributed by atoms with van der Waals surface area (Å²) < 4.78 is 0. The van der Waals surface area contributed by atoms with E-state index in [9.17, 15) is 14.9 Å². The molecule has 5 heteroatoms. The SMILES string of the molecule is O=C(C=Cc1ccc([N+](=O)[O-])cc1)Nc1cccc2ccccc12. The summed E-state index contributed by atoms with van der Waals surface area (Å²) in [4.78, 5) is 22.3. The van der Waals surface area contributed by atoms with Gasteiger partial charge in [-0.05, 0) is 35.2 Å². The molecule has 118 valence electrons. The van der Waals surface area contributed by atoms with Crippen molar-refractivity contribution in [2.75, 3.05) is 5.32 Å². The molecule has 3 aromatic rings. The Labute approximate surface area is 138 Å². The molecule has 0 saturated heterocycles. The first-order valence-electron chi connectivity index (χ1n) is 7.35. The van der Waals surface area contributed by atoms with E-state index in [2.05, 4.69) is 5.32 Å². The smallest absolute Gasteiger partial charge is 0.269 e. The van der Waals surface area contributed by atoms with Crippen molar-refractivity contribution in [3.05, 3.63) is 88.5 Å². The van der Waals surface area contributed by atoms with Gasteiger partial charge >= 0.3 is 0 Å². The van der Waals surface area contributed by atoms with Crippen molar-refractivity contribution in [1.29, 1.82) is 0 Å². The Bertz CT molecular complexity index is 926. The summed E-state index contributed by atoms with van der Waals surface area (Å²) in [7, 11) is 0. The molecule has 0 spiro atoms. The number of carbonyl (C=O) groups is 1. The van der Waals surface area contributed by atoms with Crippen LogP contribution < -0.4 is 5.32 Å². The Balaban J connectivity index is 1.74. The first kappa shape index (κ1) is 15.4. The molecule has 0 aliphatic carbocycles. The third-order valence-corrected chi connectivity index (χ3v) is 3.58. The fourth-order valence-electron chi connectivity index (χ4n) is 2.39. The number of nitrogens with zero attached hydrogens (tertiary/aromatic N) is 1. The van der Waals surface area contributed by atoms with Crippen LogP contribution in [-0.2, 0) is 4.79 Å². The number of carbonyl (C=O) groups excluding carboxylic acids is 1. The molecule has 0 unspecified atom stereocenters. The average Bonchev–Trinajstić information content (AvgIpc) is 2.61. The molecule has 24 heavy (non-hydrogen) atoms. The Morgan fingerprint density at radius 3 is 2.42 bits per heavy atom. The fourth-order valence-corrected chi connectivity index (χ4v) is 2.39. The maximum atomic E-state index is 12.1. The van der Waals surface area contributed by atoms with E-state index in [1.54, 1.807) is 18.2 Å². The highest BCUT2D eigenvalue weighted by Gasteiger charge is 2.04. The number of hydrogen-bond acceptors (Lipinski definition) is 3. The highest BCUT2D eigenvalue weighted by atomic mass is 16.6. The minimum absolute atomic E-state index is 0.0207. The van der Waals surface area contributed by atoms with Gasteiger partial charge < -0.3 is 5.32 Å². The lowest BCUT2D eigenvalue weighted by Gasteiger charge is -2.06. The van der Waals surface area contributed by atoms with Crippen molar-refractivity contribution in [3.63, 3.8) is 0 Å². The van der Waals surface area contributed by atoms with Gasteiger partial charge in [0, 0.05) is 29.3 Å². The third kappa shape index (κ3) is 3.47. The van der Waals surface area contributed by atoms with E-state index in [1.165, 1.54) is 18.2 Å². The molecule has 3 aromatic carbocycles. The lowest BCUT2D eigenvalue weighted by Crippen LogP contribution is -2.07. The summed E-state index contributed by atoms with van der Waals surface area (Å²) in [6.45, 7) is 0. The topological polar surface area (TPSA) is 72.2 Å². The van der Waals surface area contributed by atoms with E-state index < -0.39 is 4.92 Å². The molecule has 0 heterocycles. The molecule has 0 aliphatic rings. The fraction of sp³-hybridized carbons (Fsp3) is 0. The van der Waals surface area contributed by atoms with Gasteiger partial charge in [-0.3, -0.25) is 14.9 Å². The predicted octanol–water partition coefficient (Wildman–Crippen LogP) is 4.40. The number of nitro groups is 1. The van der Waals surface area contributed by atoms with Crippen LogP contribution in [0.25, 0.3) is 16.8 Å². The Kier molecular flexibility index (Phi) is 4.34. The number of benzene rings is 3. The molecule has 0 atom stereocenters. The first-order chi connectivity index (χ1) is 11.6. The quantitative estimate of drug-likeness (QED) is 0.440. The van der Waals surface area contributed by atoms with Gasteiger partial charge in [0.15, 0.2) is 0 Å². The van der Waals surface area contributed by atoms with Crippen LogP contribution in [0.5, 0.6) is 0 Å². The lowest BCUT2D eigenvalue weighted by molar-refractivity contribution is -0.384. The van der Waals surface area contributed by atoms with Crippen molar-refractivity contribution in [2.24, 2.45) is 0 Å². The Morgan fingerprint density at radius 2 is 1.67 bits per heavy atom. The normalized spacial score (nSPS) is 10.8. The van der Waals surface area contributed by atoms with Gasteiger partial charge in [-0.2, -0.15) is 0 Å². The van der Waals surface area contributed by atoms with Crippen LogP contribution in [0.2, 0.25) is 0 Å². The summed E-state index contributed by atoms with van der Waals surface area (Å²) in [5.74, 6) is -0.260. The summed E-state index contributed by atoms with van der Waals surface area (Å²) in [5, 5.41) is 15.5. The molecular weight excluding hydrogens is 304 g/mol. The minimum atomic E-state index is -0.458. The van der Waals surface area contributed by atoms with Crippen LogP contribution in [0.4, 0.5) is 11.4 Å². The van der Waals surface area contributed by atoms with E-state index in [0.717, 1.165) is 16.5 Å². The van der Waals surface area contributed by atoms with Crippen molar-refractivity contribution in [1.82, 2.24) is 0 Å². The molecule has 3 rings (SSSR count). The van der Waals surface area contributed by atoms with Crippen LogP contribution in [0, 0.1) is 10.1 Å². The van der Waals surface area contributed by atoms with Gasteiger partial charge in [0.05, 0.1) is 4.92 Å². The largest absolute Gasteiger partial charge is 0.322 e. The lowest BCUT2D eigenvalue weighted by atomic mass is 10.1. The molecule has 1 N–H and O–H groups in total. The summed E-state index contributed by atoms with van der Waals surface area (Å²) in [6, 6.07) is 19.5. The standard InChI is InChI=1S/C19H14N2O3/c22-19(13-10-14-8-11-16(12-9-14)21(23)24)20-18-7-3-5-15-4-1-2-6-17(15)18/h1-13H,(H,20,22). The van der Waals surface area contributed by atoms with Crippen LogP contribution in [-0.4, -0.2) is 10.8 Å². The molecular formula is C19H14N2O3. The van der Waals surface area contributed by atoms with Crippen LogP contribution in [0.1, 0.15) is 5.56 Å². The third-order valence-electron chi connectivity index (χ3n) is 3.58. The van der Waals surface area contributed by atoms with Crippen LogP contribution >= 0.6 is 0 Å². The van der Waals surface area contributed by atoms with Crippen LogP contribution in [0.15, 0.2) is 72.8 Å². The number of anilines is 1. The second kappa shape index (κ2) is 6.75. The number of nitrogens with one attached hydrogen (secondary N) is 1. The van der Waals surface area contributed by atoms with Gasteiger partial charge in [-0.25, -0.2) is 0 Å². The molecule has 0 bridgehead atoms. The summed E-state index contributed by atoms with van der Waals surface area (Å²) >= 11 is 0. The van der Waals surface area contributed by atoms with Crippen molar-refractivity contribution < 1.29 is 9.72 Å². The number of fused-ring (bicyclic) bond motifs is 1. The van der Waals surface area contributed by atoms with E-state index in [0.29, 0.717) is 5.56 Å². The molecule has 0 aliphatic heterocycles. The van der Waals surface area contributed by atoms with E-state index >= 15 is 0 Å². The molecule has 0 aromatic heterocycles. The predicted molar refractivity (Wildman–Crippen MR) is 94.7 cm³/mol. The highest BCUT2D eigenvalue weighted by molar-refractivity contribution is 6.07. The summed E-state index contributed by atoms with van der Waals surface area (Å²) in [6.07, 6.45) is 3.02. The van der Waals surface area contributed by atoms with E-state index in [-0.39, 0.29) is 11.6 Å². The van der Waals surface area contributed by atoms with Gasteiger partial charge in [0.2, 0.25) is 5.91 Å². The first-order valence-corrected chi connectivity index (χ1v) is 7.35. The number of hydrogen-bond donors (Lipinski definition) is 1. The molecule has 0 fully saturated rings. The van der Waals surface area contributed by atoms with E-state index in [4.69, 9.17) is 0 Å². The van der Waals surface area contributed by atoms with Crippen molar-refractivity contribution in [2.45, 2.75) is 0 Å². The van der Waals surface area contributed by atoms with Crippen molar-refractivity contribution >= 4 is 34.1 Å². The number of amides is 1. The average molecular weight is 318 g/mol.